The molecule has 3 heteroatoms. The number of nitrogens with zero attached hydrogens (tertiary/aromatic N) is 2. The maximum Gasteiger partial charge on any atom is 0.137 e. The van der Waals surface area contributed by atoms with E-state index in [0.717, 1.165) is 18.0 Å². The second-order valence-electron chi connectivity index (χ2n) is 5.05. The lowest BCUT2D eigenvalue weighted by atomic mass is 9.88. The van der Waals surface area contributed by atoms with Crippen molar-refractivity contribution >= 4 is 21.6 Å². The topological polar surface area (TPSA) is 17.3 Å². The molecule has 2 heterocycles. The molecule has 0 saturated carbocycles. The Morgan fingerprint density at radius 1 is 1.53 bits per heavy atom. The van der Waals surface area contributed by atoms with Crippen LogP contribution in [0.15, 0.2) is 16.7 Å². The highest BCUT2D eigenvalue weighted by atomic mass is 79.9. The monoisotopic (exact) mass is 292 g/mol. The fourth-order valence-electron chi connectivity index (χ4n) is 2.74. The molecule has 0 amide bonds. The first-order valence-electron chi connectivity index (χ1n) is 6.35. The van der Waals surface area contributed by atoms with Gasteiger partial charge in [0.2, 0.25) is 0 Å². The van der Waals surface area contributed by atoms with Gasteiger partial charge in [-0.05, 0) is 59.7 Å². The number of hydrogen-bond donors (Lipinski definition) is 0. The first-order chi connectivity index (χ1) is 8.19. The van der Waals surface area contributed by atoms with E-state index >= 15 is 0 Å². The summed E-state index contributed by atoms with van der Waals surface area (Å²) >= 11 is 3.61. The van der Waals surface area contributed by atoms with Crippen LogP contribution in [0.2, 0.25) is 0 Å². The maximum atomic E-state index is 4.77. The van der Waals surface area contributed by atoms with Crippen LogP contribution in [0.4, 0.5) is 0 Å². The second-order valence-corrected chi connectivity index (χ2v) is 5.91. The standard InChI is InChI=1S/C14H17BrN2/c1-3-10-4-5-12-13(7-10)17-8-11(15)9(2)6-14(17)16-12/h6,8,10H,3-5,7H2,1-2H3. The minimum Gasteiger partial charge on any atom is -0.303 e. The molecule has 2 nitrogen and oxygen atoms in total. The van der Waals surface area contributed by atoms with E-state index in [4.69, 9.17) is 4.98 Å². The first-order valence-corrected chi connectivity index (χ1v) is 7.14. The van der Waals surface area contributed by atoms with Crippen LogP contribution in [0, 0.1) is 12.8 Å². The molecular weight excluding hydrogens is 276 g/mol. The van der Waals surface area contributed by atoms with Gasteiger partial charge in [-0.1, -0.05) is 13.3 Å². The molecule has 1 atom stereocenters. The summed E-state index contributed by atoms with van der Waals surface area (Å²) in [5.41, 5.74) is 5.10. The Labute approximate surface area is 110 Å². The maximum absolute atomic E-state index is 4.77. The second kappa shape index (κ2) is 4.13. The highest BCUT2D eigenvalue weighted by Gasteiger charge is 2.22. The van der Waals surface area contributed by atoms with Crippen molar-refractivity contribution in [3.8, 4) is 0 Å². The molecule has 0 radical (unpaired) electrons. The molecule has 0 spiro atoms. The molecule has 0 N–H and O–H groups in total. The third kappa shape index (κ3) is 1.81. The Balaban J connectivity index is 2.17. The Hall–Kier alpha value is -0.830. The van der Waals surface area contributed by atoms with E-state index in [-0.39, 0.29) is 0 Å². The van der Waals surface area contributed by atoms with Crippen LogP contribution in [0.3, 0.4) is 0 Å². The average molecular weight is 293 g/mol. The van der Waals surface area contributed by atoms with E-state index in [1.807, 2.05) is 0 Å². The van der Waals surface area contributed by atoms with Crippen LogP contribution in [0.25, 0.3) is 5.65 Å². The van der Waals surface area contributed by atoms with Gasteiger partial charge in [0.1, 0.15) is 5.65 Å². The van der Waals surface area contributed by atoms with Crippen LogP contribution < -0.4 is 0 Å². The van der Waals surface area contributed by atoms with E-state index in [1.165, 1.54) is 40.7 Å². The SMILES string of the molecule is CCC1CCc2nc3cc(C)c(Br)cn3c2C1. The molecule has 0 aliphatic heterocycles. The van der Waals surface area contributed by atoms with E-state index in [9.17, 15) is 0 Å². The van der Waals surface area contributed by atoms with Gasteiger partial charge in [0.25, 0.3) is 0 Å². The fourth-order valence-corrected chi connectivity index (χ4v) is 3.06. The van der Waals surface area contributed by atoms with E-state index in [2.05, 4.69) is 46.4 Å². The number of halogens is 1. The molecule has 0 bridgehead atoms. The Bertz CT molecular complexity index is 571. The number of imidazole rings is 1. The number of aryl methyl sites for hydroxylation is 2. The molecule has 0 saturated heterocycles. The summed E-state index contributed by atoms with van der Waals surface area (Å²) in [6, 6.07) is 2.17. The third-order valence-corrected chi connectivity index (χ3v) is 4.76. The molecule has 0 fully saturated rings. The van der Waals surface area contributed by atoms with Gasteiger partial charge in [0, 0.05) is 16.4 Å². The minimum absolute atomic E-state index is 0.836. The smallest absolute Gasteiger partial charge is 0.137 e. The first kappa shape index (κ1) is 11.3. The van der Waals surface area contributed by atoms with Gasteiger partial charge in [0.15, 0.2) is 0 Å². The van der Waals surface area contributed by atoms with Gasteiger partial charge in [-0.3, -0.25) is 0 Å². The van der Waals surface area contributed by atoms with Crippen molar-refractivity contribution in [1.82, 2.24) is 9.38 Å². The van der Waals surface area contributed by atoms with Crippen molar-refractivity contribution in [3.63, 3.8) is 0 Å². The largest absolute Gasteiger partial charge is 0.303 e. The van der Waals surface area contributed by atoms with Gasteiger partial charge in [-0.2, -0.15) is 0 Å². The predicted molar refractivity (Wildman–Crippen MR) is 73.4 cm³/mol. The number of hydrogen-bond acceptors (Lipinski definition) is 1. The van der Waals surface area contributed by atoms with Crippen molar-refractivity contribution in [3.05, 3.63) is 33.7 Å². The Kier molecular flexibility index (Phi) is 2.74. The quantitative estimate of drug-likeness (QED) is 0.779. The van der Waals surface area contributed by atoms with Gasteiger partial charge in [0.05, 0.1) is 5.69 Å². The summed E-state index contributed by atoms with van der Waals surface area (Å²) in [5.74, 6) is 0.836. The third-order valence-electron chi connectivity index (χ3n) is 3.93. The number of rotatable bonds is 1. The molecular formula is C14H17BrN2. The molecule has 1 aliphatic rings. The summed E-state index contributed by atoms with van der Waals surface area (Å²) in [7, 11) is 0. The van der Waals surface area contributed by atoms with Crippen molar-refractivity contribution in [2.45, 2.75) is 39.5 Å². The van der Waals surface area contributed by atoms with Crippen molar-refractivity contribution in [2.24, 2.45) is 5.92 Å². The van der Waals surface area contributed by atoms with Crippen LogP contribution in [-0.4, -0.2) is 9.38 Å². The predicted octanol–water partition coefficient (Wildman–Crippen LogP) is 3.92. The molecule has 2 aromatic rings. The highest BCUT2D eigenvalue weighted by Crippen LogP contribution is 2.29. The molecule has 0 aromatic carbocycles. The fraction of sp³-hybridized carbons (Fsp3) is 0.500. The summed E-state index contributed by atoms with van der Waals surface area (Å²) in [6.07, 6.45) is 7.08. The Morgan fingerprint density at radius 2 is 2.35 bits per heavy atom. The van der Waals surface area contributed by atoms with E-state index in [0.29, 0.717) is 0 Å². The van der Waals surface area contributed by atoms with Crippen LogP contribution >= 0.6 is 15.9 Å². The molecule has 90 valence electrons. The zero-order valence-corrected chi connectivity index (χ0v) is 11.9. The normalized spacial score (nSPS) is 19.6. The van der Waals surface area contributed by atoms with Gasteiger partial charge in [-0.25, -0.2) is 4.98 Å². The van der Waals surface area contributed by atoms with Crippen LogP contribution in [-0.2, 0) is 12.8 Å². The summed E-state index contributed by atoms with van der Waals surface area (Å²) in [6.45, 7) is 4.41. The van der Waals surface area contributed by atoms with Gasteiger partial charge < -0.3 is 4.40 Å². The molecule has 17 heavy (non-hydrogen) atoms. The summed E-state index contributed by atoms with van der Waals surface area (Å²) in [4.78, 5) is 4.77. The van der Waals surface area contributed by atoms with Gasteiger partial charge >= 0.3 is 0 Å². The van der Waals surface area contributed by atoms with Crippen molar-refractivity contribution in [2.75, 3.05) is 0 Å². The number of pyridine rings is 1. The highest BCUT2D eigenvalue weighted by molar-refractivity contribution is 9.10. The van der Waals surface area contributed by atoms with Crippen molar-refractivity contribution in [1.29, 1.82) is 0 Å². The molecule has 3 rings (SSSR count). The molecule has 2 aromatic heterocycles. The molecule has 1 unspecified atom stereocenters. The van der Waals surface area contributed by atoms with Crippen LogP contribution in [0.1, 0.15) is 36.7 Å². The Morgan fingerprint density at radius 3 is 3.12 bits per heavy atom. The van der Waals surface area contributed by atoms with Crippen molar-refractivity contribution < 1.29 is 0 Å². The van der Waals surface area contributed by atoms with E-state index < -0.39 is 0 Å². The lowest BCUT2D eigenvalue weighted by Crippen LogP contribution is -2.14. The summed E-state index contributed by atoms with van der Waals surface area (Å²) < 4.78 is 3.44. The minimum atomic E-state index is 0.836. The van der Waals surface area contributed by atoms with Crippen LogP contribution in [0.5, 0.6) is 0 Å². The molecule has 1 aliphatic carbocycles. The van der Waals surface area contributed by atoms with E-state index in [1.54, 1.807) is 0 Å². The lowest BCUT2D eigenvalue weighted by molar-refractivity contribution is 0.435. The zero-order valence-electron chi connectivity index (χ0n) is 10.3. The zero-order chi connectivity index (χ0) is 12.0. The number of aromatic nitrogens is 2. The lowest BCUT2D eigenvalue weighted by Gasteiger charge is -2.20. The summed E-state index contributed by atoms with van der Waals surface area (Å²) in [5, 5.41) is 0. The average Bonchev–Trinajstić information content (AvgIpc) is 2.67. The van der Waals surface area contributed by atoms with Gasteiger partial charge in [-0.15, -0.1) is 0 Å². The number of fused-ring (bicyclic) bond motifs is 3.